The second-order valence-corrected chi connectivity index (χ2v) is 4.44. The summed E-state index contributed by atoms with van der Waals surface area (Å²) in [5, 5.41) is 2.41. The Bertz CT molecular complexity index is 305. The number of urea groups is 1. The van der Waals surface area contributed by atoms with Crippen LogP contribution in [0.4, 0.5) is 4.79 Å². The van der Waals surface area contributed by atoms with Crippen molar-refractivity contribution in [1.29, 1.82) is 0 Å². The maximum atomic E-state index is 11.9. The second kappa shape index (κ2) is 4.63. The molecule has 1 aliphatic carbocycles. The third kappa shape index (κ3) is 2.23. The Morgan fingerprint density at radius 1 is 1.25 bits per heavy atom. The van der Waals surface area contributed by atoms with E-state index < -0.39 is 6.03 Å². The molecule has 16 heavy (non-hydrogen) atoms. The van der Waals surface area contributed by atoms with Crippen LogP contribution in [0.3, 0.4) is 0 Å². The van der Waals surface area contributed by atoms with Gasteiger partial charge in [0.2, 0.25) is 5.91 Å². The number of hydrogen-bond acceptors (Lipinski definition) is 3. The van der Waals surface area contributed by atoms with Crippen LogP contribution >= 0.6 is 0 Å². The van der Waals surface area contributed by atoms with E-state index in [1.807, 2.05) is 0 Å². The van der Waals surface area contributed by atoms with Crippen molar-refractivity contribution in [2.75, 3.05) is 13.1 Å². The van der Waals surface area contributed by atoms with Gasteiger partial charge in [0, 0.05) is 5.92 Å². The van der Waals surface area contributed by atoms with Gasteiger partial charge in [0.25, 0.3) is 0 Å². The third-order valence-corrected chi connectivity index (χ3v) is 3.31. The van der Waals surface area contributed by atoms with Gasteiger partial charge in [-0.2, -0.15) is 0 Å². The molecule has 1 saturated heterocycles. The van der Waals surface area contributed by atoms with Crippen molar-refractivity contribution in [2.24, 2.45) is 5.92 Å². The molecule has 1 aliphatic heterocycles. The van der Waals surface area contributed by atoms with Crippen LogP contribution in [0.15, 0.2) is 0 Å². The van der Waals surface area contributed by atoms with Gasteiger partial charge >= 0.3 is 6.03 Å². The summed E-state index contributed by atoms with van der Waals surface area (Å²) >= 11 is 0. The van der Waals surface area contributed by atoms with E-state index in [0.29, 0.717) is 0 Å². The second-order valence-electron chi connectivity index (χ2n) is 4.44. The Morgan fingerprint density at radius 3 is 2.50 bits per heavy atom. The number of carbonyl (C=O) groups is 3. The van der Waals surface area contributed by atoms with E-state index in [9.17, 15) is 14.4 Å². The Hall–Kier alpha value is -1.39. The smallest absolute Gasteiger partial charge is 0.324 e. The Balaban J connectivity index is 1.90. The van der Waals surface area contributed by atoms with Gasteiger partial charge < -0.3 is 5.32 Å². The van der Waals surface area contributed by atoms with Crippen LogP contribution in [0.2, 0.25) is 0 Å². The number of rotatable bonds is 3. The molecule has 0 aromatic rings. The first-order chi connectivity index (χ1) is 7.68. The molecule has 1 heterocycles. The highest BCUT2D eigenvalue weighted by molar-refractivity contribution is 6.04. The maximum Gasteiger partial charge on any atom is 0.324 e. The zero-order valence-corrected chi connectivity index (χ0v) is 9.20. The molecule has 0 spiro atoms. The average molecular weight is 224 g/mol. The van der Waals surface area contributed by atoms with Gasteiger partial charge in [0.05, 0.1) is 13.1 Å². The molecule has 2 aliphatic rings. The van der Waals surface area contributed by atoms with Gasteiger partial charge in [-0.25, -0.2) is 4.79 Å². The van der Waals surface area contributed by atoms with E-state index in [-0.39, 0.29) is 30.7 Å². The molecule has 5 nitrogen and oxygen atoms in total. The monoisotopic (exact) mass is 224 g/mol. The lowest BCUT2D eigenvalue weighted by molar-refractivity contribution is -0.131. The van der Waals surface area contributed by atoms with Crippen molar-refractivity contribution in [2.45, 2.75) is 32.1 Å². The van der Waals surface area contributed by atoms with Gasteiger partial charge in [-0.05, 0) is 12.8 Å². The van der Waals surface area contributed by atoms with E-state index in [0.717, 1.165) is 30.6 Å². The quantitative estimate of drug-likeness (QED) is 0.717. The fourth-order valence-electron chi connectivity index (χ4n) is 2.32. The van der Waals surface area contributed by atoms with Gasteiger partial charge in [0.15, 0.2) is 5.78 Å². The van der Waals surface area contributed by atoms with E-state index >= 15 is 0 Å². The zero-order chi connectivity index (χ0) is 11.5. The standard InChI is InChI=1S/C11H16N2O3/c14-9(8-4-2-1-3-5-8)7-13-10(15)6-12-11(13)16/h8H,1-7H2,(H,12,16). The molecule has 1 saturated carbocycles. The molecule has 0 unspecified atom stereocenters. The number of hydrogen-bond donors (Lipinski definition) is 1. The summed E-state index contributed by atoms with van der Waals surface area (Å²) in [5.74, 6) is -0.214. The minimum atomic E-state index is -0.436. The van der Waals surface area contributed by atoms with Gasteiger partial charge in [-0.3, -0.25) is 14.5 Å². The summed E-state index contributed by atoms with van der Waals surface area (Å²) in [5.41, 5.74) is 0. The number of nitrogens with zero attached hydrogens (tertiary/aromatic N) is 1. The molecule has 88 valence electrons. The molecule has 2 rings (SSSR count). The number of carbonyl (C=O) groups excluding carboxylic acids is 3. The van der Waals surface area contributed by atoms with E-state index in [2.05, 4.69) is 5.32 Å². The van der Waals surface area contributed by atoms with Crippen molar-refractivity contribution in [3.63, 3.8) is 0 Å². The lowest BCUT2D eigenvalue weighted by atomic mass is 9.86. The topological polar surface area (TPSA) is 66.5 Å². The number of nitrogens with one attached hydrogen (secondary N) is 1. The first kappa shape index (κ1) is 11.1. The summed E-state index contributed by atoms with van der Waals surface area (Å²) in [4.78, 5) is 35.4. The van der Waals surface area contributed by atoms with Crippen LogP contribution in [0, 0.1) is 5.92 Å². The molecular weight excluding hydrogens is 208 g/mol. The molecule has 0 atom stereocenters. The number of ketones is 1. The molecule has 3 amide bonds. The highest BCUT2D eigenvalue weighted by Gasteiger charge is 2.32. The summed E-state index contributed by atoms with van der Waals surface area (Å²) in [6.45, 7) is -0.0217. The molecule has 0 bridgehead atoms. The van der Waals surface area contributed by atoms with Gasteiger partial charge in [-0.15, -0.1) is 0 Å². The molecule has 0 aromatic heterocycles. The minimum absolute atomic E-state index is 0.0246. The highest BCUT2D eigenvalue weighted by atomic mass is 16.2. The van der Waals surface area contributed by atoms with Crippen LogP contribution in [-0.4, -0.2) is 35.7 Å². The number of Topliss-reactive ketones (excluding diaryl/α,β-unsaturated/α-hetero) is 1. The normalized spacial score (nSPS) is 22.4. The number of imide groups is 1. The first-order valence-electron chi connectivity index (χ1n) is 5.79. The summed E-state index contributed by atoms with van der Waals surface area (Å²) in [7, 11) is 0. The number of amides is 3. The van der Waals surface area contributed by atoms with E-state index in [1.165, 1.54) is 6.42 Å². The van der Waals surface area contributed by atoms with Crippen LogP contribution in [0.1, 0.15) is 32.1 Å². The predicted molar refractivity (Wildman–Crippen MR) is 56.7 cm³/mol. The Labute approximate surface area is 94.2 Å². The van der Waals surface area contributed by atoms with E-state index in [4.69, 9.17) is 0 Å². The molecule has 0 radical (unpaired) electrons. The molecule has 0 aromatic carbocycles. The zero-order valence-electron chi connectivity index (χ0n) is 9.20. The maximum absolute atomic E-state index is 11.9. The van der Waals surface area contributed by atoms with Gasteiger partial charge in [0.1, 0.15) is 0 Å². The van der Waals surface area contributed by atoms with Gasteiger partial charge in [-0.1, -0.05) is 19.3 Å². The van der Waals surface area contributed by atoms with Crippen molar-refractivity contribution in [1.82, 2.24) is 10.2 Å². The van der Waals surface area contributed by atoms with Crippen molar-refractivity contribution < 1.29 is 14.4 Å². The lowest BCUT2D eigenvalue weighted by Crippen LogP contribution is -2.38. The Kier molecular flexibility index (Phi) is 3.22. The van der Waals surface area contributed by atoms with Crippen LogP contribution in [0.5, 0.6) is 0 Å². The summed E-state index contributed by atoms with van der Waals surface area (Å²) in [6.07, 6.45) is 5.16. The fourth-order valence-corrected chi connectivity index (χ4v) is 2.32. The summed E-state index contributed by atoms with van der Waals surface area (Å²) < 4.78 is 0. The van der Waals surface area contributed by atoms with Crippen LogP contribution < -0.4 is 5.32 Å². The third-order valence-electron chi connectivity index (χ3n) is 3.31. The van der Waals surface area contributed by atoms with Crippen LogP contribution in [-0.2, 0) is 9.59 Å². The Morgan fingerprint density at radius 2 is 1.94 bits per heavy atom. The van der Waals surface area contributed by atoms with Crippen LogP contribution in [0.25, 0.3) is 0 Å². The average Bonchev–Trinajstić information content (AvgIpc) is 2.62. The van der Waals surface area contributed by atoms with Crippen molar-refractivity contribution in [3.05, 3.63) is 0 Å². The SMILES string of the molecule is O=C(CN1C(=O)CNC1=O)C1CCCCC1. The minimum Gasteiger partial charge on any atom is -0.329 e. The molecule has 2 fully saturated rings. The fraction of sp³-hybridized carbons (Fsp3) is 0.727. The van der Waals surface area contributed by atoms with E-state index in [1.54, 1.807) is 0 Å². The van der Waals surface area contributed by atoms with Crippen molar-refractivity contribution in [3.8, 4) is 0 Å². The summed E-state index contributed by atoms with van der Waals surface area (Å²) in [6, 6.07) is -0.436. The molecule has 1 N–H and O–H groups in total. The highest BCUT2D eigenvalue weighted by Crippen LogP contribution is 2.24. The molecule has 5 heteroatoms. The predicted octanol–water partition coefficient (Wildman–Crippen LogP) is 0.688. The van der Waals surface area contributed by atoms with Crippen molar-refractivity contribution >= 4 is 17.7 Å². The first-order valence-corrected chi connectivity index (χ1v) is 5.79. The molecular formula is C11H16N2O3. The largest absolute Gasteiger partial charge is 0.329 e. The lowest BCUT2D eigenvalue weighted by Gasteiger charge is -2.22.